The Hall–Kier alpha value is 0.690. The molecule has 13 heavy (non-hydrogen) atoms. The molecule has 0 amide bonds. The first kappa shape index (κ1) is 13.7. The van der Waals surface area contributed by atoms with Crippen molar-refractivity contribution in [3.05, 3.63) is 0 Å². The van der Waals surface area contributed by atoms with Crippen LogP contribution in [0.15, 0.2) is 0 Å². The zero-order chi connectivity index (χ0) is 10.5. The molecule has 3 N–H and O–H groups in total. The molecule has 0 aromatic carbocycles. The van der Waals surface area contributed by atoms with Gasteiger partial charge in [0.1, 0.15) is 0 Å². The largest absolute Gasteiger partial charge is 0.380 e. The Kier molecular flexibility index (Phi) is 6.56. The first-order valence-corrected chi connectivity index (χ1v) is 6.53. The first-order valence-electron chi connectivity index (χ1n) is 3.78. The van der Waals surface area contributed by atoms with Crippen molar-refractivity contribution in [2.24, 2.45) is 5.92 Å². The summed E-state index contributed by atoms with van der Waals surface area (Å²) in [4.78, 5) is 17.4. The van der Waals surface area contributed by atoms with Gasteiger partial charge >= 0.3 is 7.60 Å². The Labute approximate surface area is 87.0 Å². The zero-order valence-electron chi connectivity index (χ0n) is 6.94. The summed E-state index contributed by atoms with van der Waals surface area (Å²) in [5, 5.41) is 9.23. The van der Waals surface area contributed by atoms with Gasteiger partial charge in [0.2, 0.25) is 0 Å². The van der Waals surface area contributed by atoms with Crippen molar-refractivity contribution < 1.29 is 19.5 Å². The molecule has 0 saturated carbocycles. The molecule has 80 valence electrons. The van der Waals surface area contributed by atoms with Crippen molar-refractivity contribution in [3.8, 4) is 0 Å². The second-order valence-electron chi connectivity index (χ2n) is 2.72. The second kappa shape index (κ2) is 6.23. The average molecular weight is 251 g/mol. The SMILES string of the molecule is O=P(O)(O)C(O)C(CCCl)CCCl. The summed E-state index contributed by atoms with van der Waals surface area (Å²) in [5.41, 5.74) is 0. The van der Waals surface area contributed by atoms with E-state index in [1.54, 1.807) is 0 Å². The van der Waals surface area contributed by atoms with Gasteiger partial charge in [-0.15, -0.1) is 23.2 Å². The molecule has 0 aromatic rings. The Morgan fingerprint density at radius 3 is 1.77 bits per heavy atom. The van der Waals surface area contributed by atoms with Crippen molar-refractivity contribution in [2.45, 2.75) is 18.7 Å². The molecule has 0 fully saturated rings. The van der Waals surface area contributed by atoms with Crippen LogP contribution < -0.4 is 0 Å². The fraction of sp³-hybridized carbons (Fsp3) is 1.00. The van der Waals surface area contributed by atoms with Crippen molar-refractivity contribution in [1.82, 2.24) is 0 Å². The van der Waals surface area contributed by atoms with Gasteiger partial charge in [-0.25, -0.2) is 0 Å². The maximum absolute atomic E-state index is 10.7. The van der Waals surface area contributed by atoms with Crippen LogP contribution in [0.25, 0.3) is 0 Å². The van der Waals surface area contributed by atoms with Crippen molar-refractivity contribution in [2.75, 3.05) is 11.8 Å². The van der Waals surface area contributed by atoms with Gasteiger partial charge in [0, 0.05) is 11.8 Å². The normalized spacial score (nSPS) is 14.9. The highest BCUT2D eigenvalue weighted by Crippen LogP contribution is 2.45. The van der Waals surface area contributed by atoms with Crippen LogP contribution in [-0.4, -0.2) is 32.5 Å². The summed E-state index contributed by atoms with van der Waals surface area (Å²) in [6.07, 6.45) is 0.696. The van der Waals surface area contributed by atoms with Gasteiger partial charge in [0.25, 0.3) is 0 Å². The lowest BCUT2D eigenvalue weighted by Gasteiger charge is -2.21. The van der Waals surface area contributed by atoms with E-state index in [4.69, 9.17) is 33.0 Å². The number of aliphatic hydroxyl groups excluding tert-OH is 1. The lowest BCUT2D eigenvalue weighted by atomic mass is 10.1. The molecule has 0 aromatic heterocycles. The minimum Gasteiger partial charge on any atom is -0.380 e. The summed E-state index contributed by atoms with van der Waals surface area (Å²) in [6, 6.07) is 0. The lowest BCUT2D eigenvalue weighted by Crippen LogP contribution is -2.21. The monoisotopic (exact) mass is 250 g/mol. The molecule has 0 bridgehead atoms. The van der Waals surface area contributed by atoms with E-state index in [2.05, 4.69) is 0 Å². The van der Waals surface area contributed by atoms with Crippen LogP contribution in [0.5, 0.6) is 0 Å². The molecule has 0 heterocycles. The maximum atomic E-state index is 10.7. The molecule has 7 heteroatoms. The quantitative estimate of drug-likeness (QED) is 0.492. The molecule has 1 atom stereocenters. The molecule has 0 radical (unpaired) electrons. The Bertz CT molecular complexity index is 177. The Morgan fingerprint density at radius 2 is 1.54 bits per heavy atom. The van der Waals surface area contributed by atoms with Crippen LogP contribution in [-0.2, 0) is 4.57 Å². The smallest absolute Gasteiger partial charge is 0.354 e. The van der Waals surface area contributed by atoms with Gasteiger partial charge in [-0.05, 0) is 18.8 Å². The highest BCUT2D eigenvalue weighted by molar-refractivity contribution is 7.52. The van der Waals surface area contributed by atoms with Crippen LogP contribution in [0.4, 0.5) is 0 Å². The highest BCUT2D eigenvalue weighted by atomic mass is 35.5. The molecule has 0 aliphatic carbocycles. The van der Waals surface area contributed by atoms with Gasteiger partial charge in [0.05, 0.1) is 0 Å². The third-order valence-corrected chi connectivity index (χ3v) is 3.27. The van der Waals surface area contributed by atoms with Gasteiger partial charge in [-0.3, -0.25) is 4.57 Å². The summed E-state index contributed by atoms with van der Waals surface area (Å²) in [7, 11) is -4.43. The molecular formula is C6H13Cl2O4P. The van der Waals surface area contributed by atoms with E-state index < -0.39 is 19.4 Å². The Balaban J connectivity index is 4.27. The zero-order valence-corrected chi connectivity index (χ0v) is 9.34. The number of hydrogen-bond acceptors (Lipinski definition) is 2. The van der Waals surface area contributed by atoms with Crippen molar-refractivity contribution in [1.29, 1.82) is 0 Å². The molecule has 4 nitrogen and oxygen atoms in total. The van der Waals surface area contributed by atoms with E-state index in [0.717, 1.165) is 0 Å². The molecule has 0 saturated heterocycles. The summed E-state index contributed by atoms with van der Waals surface area (Å²) in [6.45, 7) is 0. The molecule has 0 aliphatic heterocycles. The number of rotatable bonds is 6. The van der Waals surface area contributed by atoms with E-state index in [9.17, 15) is 9.67 Å². The van der Waals surface area contributed by atoms with Crippen molar-refractivity contribution >= 4 is 30.8 Å². The highest BCUT2D eigenvalue weighted by Gasteiger charge is 2.33. The van der Waals surface area contributed by atoms with Crippen LogP contribution in [0, 0.1) is 5.92 Å². The van der Waals surface area contributed by atoms with Gasteiger partial charge in [-0.2, -0.15) is 0 Å². The molecule has 0 spiro atoms. The summed E-state index contributed by atoms with van der Waals surface area (Å²) in [5.74, 6) is -1.68. The number of aliphatic hydroxyl groups is 1. The maximum Gasteiger partial charge on any atom is 0.354 e. The third-order valence-electron chi connectivity index (χ3n) is 1.73. The van der Waals surface area contributed by atoms with Gasteiger partial charge in [-0.1, -0.05) is 0 Å². The van der Waals surface area contributed by atoms with E-state index in [0.29, 0.717) is 12.8 Å². The van der Waals surface area contributed by atoms with E-state index in [-0.39, 0.29) is 11.8 Å². The second-order valence-corrected chi connectivity index (χ2v) is 5.18. The van der Waals surface area contributed by atoms with E-state index in [1.165, 1.54) is 0 Å². The van der Waals surface area contributed by atoms with Crippen LogP contribution in [0.3, 0.4) is 0 Å². The van der Waals surface area contributed by atoms with Gasteiger partial charge in [0.15, 0.2) is 5.85 Å². The lowest BCUT2D eigenvalue weighted by molar-refractivity contribution is 0.141. The first-order chi connectivity index (χ1) is 5.93. The topological polar surface area (TPSA) is 77.8 Å². The number of alkyl halides is 2. The molecule has 1 unspecified atom stereocenters. The minimum atomic E-state index is -4.43. The van der Waals surface area contributed by atoms with Gasteiger partial charge < -0.3 is 14.9 Å². The summed E-state index contributed by atoms with van der Waals surface area (Å²) < 4.78 is 10.7. The van der Waals surface area contributed by atoms with Crippen molar-refractivity contribution in [3.63, 3.8) is 0 Å². The predicted octanol–water partition coefficient (Wildman–Crippen LogP) is 1.36. The van der Waals surface area contributed by atoms with Crippen LogP contribution in [0.1, 0.15) is 12.8 Å². The van der Waals surface area contributed by atoms with E-state index >= 15 is 0 Å². The minimum absolute atomic E-state index is 0.249. The number of halogens is 2. The molecular weight excluding hydrogens is 238 g/mol. The van der Waals surface area contributed by atoms with Crippen LogP contribution >= 0.6 is 30.8 Å². The standard InChI is InChI=1S/C6H13Cl2O4P/c7-3-1-5(2-4-8)6(9)13(10,11)12/h5-6,9H,1-4H2,(H2,10,11,12). The average Bonchev–Trinajstić information content (AvgIpc) is 2.01. The fourth-order valence-corrected chi connectivity index (χ4v) is 2.41. The van der Waals surface area contributed by atoms with E-state index in [1.807, 2.05) is 0 Å². The fourth-order valence-electron chi connectivity index (χ4n) is 0.997. The number of hydrogen-bond donors (Lipinski definition) is 3. The van der Waals surface area contributed by atoms with Crippen LogP contribution in [0.2, 0.25) is 0 Å². The predicted molar refractivity (Wildman–Crippen MR) is 52.2 cm³/mol. The molecule has 0 rings (SSSR count). The summed E-state index contributed by atoms with van der Waals surface area (Å²) >= 11 is 10.8. The molecule has 0 aliphatic rings. The Morgan fingerprint density at radius 1 is 1.15 bits per heavy atom. The third kappa shape index (κ3) is 5.21.